The molecular formula is C12H16N6O. The number of aromatic nitrogens is 5. The minimum Gasteiger partial charge on any atom is -0.369 e. The summed E-state index contributed by atoms with van der Waals surface area (Å²) < 4.78 is 8.57. The molecule has 7 nitrogen and oxygen atoms in total. The number of nitrogen functional groups attached to an aromatic ring is 1. The number of hydrogen-bond donors (Lipinski definition) is 1. The molecule has 0 spiro atoms. The Bertz CT molecular complexity index is 694. The summed E-state index contributed by atoms with van der Waals surface area (Å²) in [7, 11) is 1.90. The van der Waals surface area contributed by atoms with Gasteiger partial charge in [0.25, 0.3) is 0 Å². The average Bonchev–Trinajstić information content (AvgIpc) is 3.04. The summed E-state index contributed by atoms with van der Waals surface area (Å²) in [6, 6.07) is 1.81. The van der Waals surface area contributed by atoms with Crippen molar-refractivity contribution in [2.45, 2.75) is 26.3 Å². The van der Waals surface area contributed by atoms with Crippen LogP contribution in [0.25, 0.3) is 11.2 Å². The van der Waals surface area contributed by atoms with Gasteiger partial charge in [0.2, 0.25) is 5.95 Å². The van der Waals surface area contributed by atoms with Crippen molar-refractivity contribution in [3.05, 3.63) is 23.7 Å². The lowest BCUT2D eigenvalue weighted by atomic mass is 10.2. The molecule has 19 heavy (non-hydrogen) atoms. The van der Waals surface area contributed by atoms with Crippen molar-refractivity contribution in [3.8, 4) is 0 Å². The predicted molar refractivity (Wildman–Crippen MR) is 70.5 cm³/mol. The van der Waals surface area contributed by atoms with Gasteiger partial charge < -0.3 is 10.3 Å². The minimum absolute atomic E-state index is 0.475. The number of fused-ring (bicyclic) bond motifs is 1. The molecule has 3 heterocycles. The maximum atomic E-state index is 6.00. The summed E-state index contributed by atoms with van der Waals surface area (Å²) >= 11 is 0. The molecule has 3 aromatic heterocycles. The van der Waals surface area contributed by atoms with Gasteiger partial charge in [0.15, 0.2) is 5.65 Å². The number of imidazole rings is 1. The third-order valence-corrected chi connectivity index (χ3v) is 3.12. The first-order chi connectivity index (χ1) is 9.20. The second-order valence-corrected chi connectivity index (χ2v) is 4.54. The molecule has 0 aromatic carbocycles. The summed E-state index contributed by atoms with van der Waals surface area (Å²) in [4.78, 5) is 4.43. The molecule has 0 fully saturated rings. The Kier molecular flexibility index (Phi) is 2.73. The molecule has 3 aromatic rings. The van der Waals surface area contributed by atoms with Crippen molar-refractivity contribution in [1.29, 1.82) is 0 Å². The van der Waals surface area contributed by atoms with Gasteiger partial charge in [0.05, 0.1) is 12.2 Å². The van der Waals surface area contributed by atoms with Gasteiger partial charge in [-0.2, -0.15) is 5.10 Å². The first-order valence-electron chi connectivity index (χ1n) is 6.27. The van der Waals surface area contributed by atoms with E-state index in [2.05, 4.69) is 22.2 Å². The Morgan fingerprint density at radius 1 is 1.42 bits per heavy atom. The lowest BCUT2D eigenvalue weighted by Crippen LogP contribution is -2.08. The molecule has 0 bridgehead atoms. The molecule has 0 atom stereocenters. The molecular weight excluding hydrogens is 244 g/mol. The van der Waals surface area contributed by atoms with Crippen LogP contribution >= 0.6 is 0 Å². The third-order valence-electron chi connectivity index (χ3n) is 3.12. The molecule has 0 aliphatic heterocycles. The highest BCUT2D eigenvalue weighted by Crippen LogP contribution is 2.22. The zero-order valence-corrected chi connectivity index (χ0v) is 11.0. The van der Waals surface area contributed by atoms with E-state index in [4.69, 9.17) is 10.3 Å². The molecule has 0 radical (unpaired) electrons. The first-order valence-corrected chi connectivity index (χ1v) is 6.27. The number of nitrogens with two attached hydrogens (primary N) is 1. The van der Waals surface area contributed by atoms with Crippen LogP contribution in [0.15, 0.2) is 16.9 Å². The summed E-state index contributed by atoms with van der Waals surface area (Å²) in [5.41, 5.74) is 9.60. The maximum absolute atomic E-state index is 6.00. The molecule has 0 aliphatic rings. The van der Waals surface area contributed by atoms with Gasteiger partial charge in [-0.15, -0.1) is 0 Å². The monoisotopic (exact) mass is 260 g/mol. The number of rotatable bonds is 4. The van der Waals surface area contributed by atoms with Crippen molar-refractivity contribution in [2.75, 3.05) is 5.73 Å². The van der Waals surface area contributed by atoms with Crippen molar-refractivity contribution in [1.82, 2.24) is 24.5 Å². The SMILES string of the molecule is CCCc1nn(C)c2c1nc(N)n2Cc1ccon1. The average molecular weight is 260 g/mol. The molecule has 0 aliphatic carbocycles. The second-order valence-electron chi connectivity index (χ2n) is 4.54. The molecule has 7 heteroatoms. The lowest BCUT2D eigenvalue weighted by molar-refractivity contribution is 0.410. The van der Waals surface area contributed by atoms with Crippen LogP contribution in [0, 0.1) is 0 Å². The standard InChI is InChI=1S/C12H16N6O/c1-3-4-9-10-11(17(2)15-9)18(12(13)14-10)7-8-5-6-19-16-8/h5-6H,3-4,7H2,1-2H3,(H2,13,14). The largest absolute Gasteiger partial charge is 0.369 e. The van der Waals surface area contributed by atoms with Crippen molar-refractivity contribution in [3.63, 3.8) is 0 Å². The smallest absolute Gasteiger partial charge is 0.202 e. The van der Waals surface area contributed by atoms with E-state index in [-0.39, 0.29) is 0 Å². The normalized spacial score (nSPS) is 11.5. The Balaban J connectivity index is 2.11. The van der Waals surface area contributed by atoms with E-state index in [1.54, 1.807) is 6.26 Å². The molecule has 2 N–H and O–H groups in total. The number of anilines is 1. The third kappa shape index (κ3) is 1.87. The van der Waals surface area contributed by atoms with E-state index in [1.165, 1.54) is 0 Å². The number of aryl methyl sites for hydroxylation is 2. The first kappa shape index (κ1) is 11.8. The van der Waals surface area contributed by atoms with E-state index in [1.807, 2.05) is 22.4 Å². The van der Waals surface area contributed by atoms with Crippen LogP contribution in [0.1, 0.15) is 24.7 Å². The van der Waals surface area contributed by atoms with Gasteiger partial charge in [-0.1, -0.05) is 18.5 Å². The topological polar surface area (TPSA) is 87.7 Å². The van der Waals surface area contributed by atoms with Gasteiger partial charge in [0, 0.05) is 13.1 Å². The molecule has 3 rings (SSSR count). The minimum atomic E-state index is 0.475. The van der Waals surface area contributed by atoms with E-state index in [9.17, 15) is 0 Å². The van der Waals surface area contributed by atoms with Crippen LogP contribution < -0.4 is 5.73 Å². The van der Waals surface area contributed by atoms with Crippen LogP contribution in [0.5, 0.6) is 0 Å². The van der Waals surface area contributed by atoms with Crippen LogP contribution in [-0.4, -0.2) is 24.5 Å². The highest BCUT2D eigenvalue weighted by molar-refractivity contribution is 5.77. The summed E-state index contributed by atoms with van der Waals surface area (Å²) in [5, 5.41) is 8.41. The van der Waals surface area contributed by atoms with E-state index in [0.717, 1.165) is 35.4 Å². The van der Waals surface area contributed by atoms with Gasteiger partial charge in [-0.25, -0.2) is 4.98 Å². The molecule has 0 unspecified atom stereocenters. The highest BCUT2D eigenvalue weighted by atomic mass is 16.5. The van der Waals surface area contributed by atoms with E-state index < -0.39 is 0 Å². The van der Waals surface area contributed by atoms with Gasteiger partial charge in [0.1, 0.15) is 17.5 Å². The van der Waals surface area contributed by atoms with Gasteiger partial charge in [-0.3, -0.25) is 9.25 Å². The number of hydrogen-bond acceptors (Lipinski definition) is 5. The quantitative estimate of drug-likeness (QED) is 0.764. The summed E-state index contributed by atoms with van der Waals surface area (Å²) in [6.07, 6.45) is 3.48. The van der Waals surface area contributed by atoms with Crippen LogP contribution in [-0.2, 0) is 20.0 Å². The van der Waals surface area contributed by atoms with Crippen molar-refractivity contribution >= 4 is 17.1 Å². The lowest BCUT2D eigenvalue weighted by Gasteiger charge is -2.03. The zero-order valence-electron chi connectivity index (χ0n) is 11.0. The fraction of sp³-hybridized carbons (Fsp3) is 0.417. The van der Waals surface area contributed by atoms with Crippen molar-refractivity contribution < 1.29 is 4.52 Å². The molecule has 100 valence electrons. The fourth-order valence-electron chi connectivity index (χ4n) is 2.30. The predicted octanol–water partition coefficient (Wildman–Crippen LogP) is 1.34. The van der Waals surface area contributed by atoms with Crippen LogP contribution in [0.4, 0.5) is 5.95 Å². The van der Waals surface area contributed by atoms with E-state index >= 15 is 0 Å². The summed E-state index contributed by atoms with van der Waals surface area (Å²) in [5.74, 6) is 0.475. The fourth-order valence-corrected chi connectivity index (χ4v) is 2.30. The molecule has 0 amide bonds. The maximum Gasteiger partial charge on any atom is 0.202 e. The molecule has 0 saturated heterocycles. The Morgan fingerprint density at radius 3 is 2.95 bits per heavy atom. The van der Waals surface area contributed by atoms with E-state index in [0.29, 0.717) is 12.5 Å². The summed E-state index contributed by atoms with van der Waals surface area (Å²) in [6.45, 7) is 2.65. The number of nitrogens with zero attached hydrogens (tertiary/aromatic N) is 5. The van der Waals surface area contributed by atoms with Gasteiger partial charge in [-0.05, 0) is 6.42 Å². The molecule has 0 saturated carbocycles. The van der Waals surface area contributed by atoms with Crippen LogP contribution in [0.3, 0.4) is 0 Å². The Hall–Kier alpha value is -2.31. The zero-order chi connectivity index (χ0) is 13.4. The van der Waals surface area contributed by atoms with Gasteiger partial charge >= 0.3 is 0 Å². The Morgan fingerprint density at radius 2 is 2.26 bits per heavy atom. The Labute approximate surface area is 110 Å². The van der Waals surface area contributed by atoms with Crippen molar-refractivity contribution in [2.24, 2.45) is 7.05 Å². The highest BCUT2D eigenvalue weighted by Gasteiger charge is 2.18. The van der Waals surface area contributed by atoms with Crippen LogP contribution in [0.2, 0.25) is 0 Å². The second kappa shape index (κ2) is 4.42.